The number of furan rings is 1. The van der Waals surface area contributed by atoms with Crippen LogP contribution in [0, 0.1) is 0 Å². The molecule has 0 saturated heterocycles. The predicted molar refractivity (Wildman–Crippen MR) is 82.3 cm³/mol. The quantitative estimate of drug-likeness (QED) is 0.663. The maximum Gasteiger partial charge on any atom is 0.137 e. The van der Waals surface area contributed by atoms with Crippen LogP contribution in [0.3, 0.4) is 0 Å². The number of benzene rings is 1. The molecule has 0 N–H and O–H groups in total. The number of hydrogen-bond donors (Lipinski definition) is 0. The van der Waals surface area contributed by atoms with Crippen LogP contribution in [0.4, 0.5) is 0 Å². The fourth-order valence-corrected chi connectivity index (χ4v) is 2.42. The maximum atomic E-state index is 6.01. The van der Waals surface area contributed by atoms with Crippen molar-refractivity contribution in [3.63, 3.8) is 0 Å². The fourth-order valence-electron chi connectivity index (χ4n) is 2.20. The minimum atomic E-state index is -0.141. The first-order chi connectivity index (χ1) is 10.8. The zero-order valence-electron chi connectivity index (χ0n) is 11.9. The summed E-state index contributed by atoms with van der Waals surface area (Å²) in [5.41, 5.74) is 1.03. The van der Waals surface area contributed by atoms with Gasteiger partial charge in [-0.25, -0.2) is 4.98 Å². The van der Waals surface area contributed by atoms with Crippen molar-refractivity contribution in [2.24, 2.45) is 0 Å². The van der Waals surface area contributed by atoms with Crippen molar-refractivity contribution >= 4 is 11.6 Å². The summed E-state index contributed by atoms with van der Waals surface area (Å²) in [4.78, 5) is 3.94. The molecule has 2 heterocycles. The molecule has 3 rings (SSSR count). The van der Waals surface area contributed by atoms with Crippen molar-refractivity contribution in [3.8, 4) is 0 Å². The van der Waals surface area contributed by atoms with Gasteiger partial charge in [-0.05, 0) is 29.8 Å². The van der Waals surface area contributed by atoms with Gasteiger partial charge in [0.25, 0.3) is 0 Å². The van der Waals surface area contributed by atoms with Gasteiger partial charge in [-0.15, -0.1) is 0 Å². The van der Waals surface area contributed by atoms with Crippen LogP contribution in [-0.2, 0) is 17.9 Å². The van der Waals surface area contributed by atoms with Crippen molar-refractivity contribution in [3.05, 3.63) is 71.7 Å². The summed E-state index contributed by atoms with van der Waals surface area (Å²) in [7, 11) is 0. The van der Waals surface area contributed by atoms with Gasteiger partial charge in [0, 0.05) is 18.0 Å². The molecule has 0 fully saturated rings. The summed E-state index contributed by atoms with van der Waals surface area (Å²) in [6.07, 6.45) is 5.47. The summed E-state index contributed by atoms with van der Waals surface area (Å²) in [5, 5.41) is 4.81. The molecule has 0 aliphatic rings. The first-order valence-corrected chi connectivity index (χ1v) is 7.41. The Bertz CT molecular complexity index is 683. The Kier molecular flexibility index (Phi) is 4.88. The Balaban J connectivity index is 1.63. The highest BCUT2D eigenvalue weighted by molar-refractivity contribution is 6.30. The van der Waals surface area contributed by atoms with Gasteiger partial charge in [-0.1, -0.05) is 23.7 Å². The van der Waals surface area contributed by atoms with E-state index in [1.54, 1.807) is 17.3 Å². The second-order valence-corrected chi connectivity index (χ2v) is 5.33. The van der Waals surface area contributed by atoms with Gasteiger partial charge in [-0.2, -0.15) is 5.10 Å². The van der Waals surface area contributed by atoms with Crippen LogP contribution >= 0.6 is 11.6 Å². The summed E-state index contributed by atoms with van der Waals surface area (Å²) in [5.74, 6) is 0.808. The molecule has 0 aliphatic carbocycles. The van der Waals surface area contributed by atoms with Crippen LogP contribution in [0.1, 0.15) is 23.8 Å². The number of aryl methyl sites for hydroxylation is 1. The van der Waals surface area contributed by atoms with Gasteiger partial charge >= 0.3 is 0 Å². The molecule has 3 aromatic rings. The molecule has 1 atom stereocenters. The minimum absolute atomic E-state index is 0.141. The molecule has 5 nitrogen and oxygen atoms in total. The van der Waals surface area contributed by atoms with Gasteiger partial charge < -0.3 is 9.15 Å². The van der Waals surface area contributed by atoms with Gasteiger partial charge in [0.1, 0.15) is 24.5 Å². The highest BCUT2D eigenvalue weighted by atomic mass is 35.5. The van der Waals surface area contributed by atoms with Gasteiger partial charge in [0.15, 0.2) is 0 Å². The van der Waals surface area contributed by atoms with E-state index in [9.17, 15) is 0 Å². The van der Waals surface area contributed by atoms with Crippen LogP contribution in [0.2, 0.25) is 5.02 Å². The Morgan fingerprint density at radius 2 is 2.23 bits per heavy atom. The van der Waals surface area contributed by atoms with Crippen molar-refractivity contribution < 1.29 is 9.15 Å². The van der Waals surface area contributed by atoms with E-state index in [1.165, 1.54) is 6.33 Å². The molecule has 0 saturated carbocycles. The van der Waals surface area contributed by atoms with Crippen molar-refractivity contribution in [2.45, 2.75) is 25.7 Å². The monoisotopic (exact) mass is 317 g/mol. The van der Waals surface area contributed by atoms with Crippen molar-refractivity contribution in [2.75, 3.05) is 0 Å². The lowest BCUT2D eigenvalue weighted by Gasteiger charge is -2.16. The Hall–Kier alpha value is -2.11. The van der Waals surface area contributed by atoms with Gasteiger partial charge in [0.05, 0.1) is 12.9 Å². The van der Waals surface area contributed by atoms with Crippen LogP contribution in [0.15, 0.2) is 59.7 Å². The van der Waals surface area contributed by atoms with Gasteiger partial charge in [0.2, 0.25) is 0 Å². The summed E-state index contributed by atoms with van der Waals surface area (Å²) in [6.45, 7) is 1.18. The van der Waals surface area contributed by atoms with E-state index < -0.39 is 0 Å². The van der Waals surface area contributed by atoms with Crippen LogP contribution in [0.25, 0.3) is 0 Å². The first kappa shape index (κ1) is 14.8. The topological polar surface area (TPSA) is 53.1 Å². The molecule has 0 spiro atoms. The standard InChI is InChI=1S/C16H16ClN3O2/c17-14-4-1-3-13(9-14)10-22-16(15-5-2-8-21-15)6-7-20-12-18-11-19-20/h1-5,8-9,11-12,16H,6-7,10H2. The first-order valence-electron chi connectivity index (χ1n) is 7.03. The van der Waals surface area contributed by atoms with Crippen LogP contribution in [-0.4, -0.2) is 14.8 Å². The van der Waals surface area contributed by atoms with E-state index in [0.717, 1.165) is 17.7 Å². The minimum Gasteiger partial charge on any atom is -0.467 e. The van der Waals surface area contributed by atoms with Gasteiger partial charge in [-0.3, -0.25) is 4.68 Å². The lowest BCUT2D eigenvalue weighted by molar-refractivity contribution is 0.0164. The number of hydrogen-bond acceptors (Lipinski definition) is 4. The highest BCUT2D eigenvalue weighted by Crippen LogP contribution is 2.24. The fraction of sp³-hybridized carbons (Fsp3) is 0.250. The molecular weight excluding hydrogens is 302 g/mol. The Morgan fingerprint density at radius 3 is 2.95 bits per heavy atom. The molecule has 22 heavy (non-hydrogen) atoms. The van der Waals surface area contributed by atoms with E-state index in [0.29, 0.717) is 18.2 Å². The molecule has 114 valence electrons. The zero-order chi connectivity index (χ0) is 15.2. The van der Waals surface area contributed by atoms with E-state index in [2.05, 4.69) is 10.1 Å². The number of ether oxygens (including phenoxy) is 1. The highest BCUT2D eigenvalue weighted by Gasteiger charge is 2.15. The Labute approximate surface area is 133 Å². The zero-order valence-corrected chi connectivity index (χ0v) is 12.7. The summed E-state index contributed by atoms with van der Waals surface area (Å²) >= 11 is 6.00. The molecule has 0 radical (unpaired) electrons. The number of halogens is 1. The van der Waals surface area contributed by atoms with E-state index >= 15 is 0 Å². The second-order valence-electron chi connectivity index (χ2n) is 4.89. The smallest absolute Gasteiger partial charge is 0.137 e. The number of rotatable bonds is 7. The third-order valence-corrected chi connectivity index (χ3v) is 3.52. The molecular formula is C16H16ClN3O2. The average Bonchev–Trinajstić information content (AvgIpc) is 3.21. The van der Waals surface area contributed by atoms with E-state index in [1.807, 2.05) is 36.4 Å². The van der Waals surface area contributed by atoms with Crippen LogP contribution in [0.5, 0.6) is 0 Å². The molecule has 1 unspecified atom stereocenters. The van der Waals surface area contributed by atoms with E-state index in [4.69, 9.17) is 20.8 Å². The normalized spacial score (nSPS) is 12.4. The van der Waals surface area contributed by atoms with Crippen molar-refractivity contribution in [1.82, 2.24) is 14.8 Å². The second kappa shape index (κ2) is 7.24. The Morgan fingerprint density at radius 1 is 1.27 bits per heavy atom. The lowest BCUT2D eigenvalue weighted by atomic mass is 10.2. The summed E-state index contributed by atoms with van der Waals surface area (Å²) < 4.78 is 13.3. The predicted octanol–water partition coefficient (Wildman–Crippen LogP) is 3.87. The summed E-state index contributed by atoms with van der Waals surface area (Å²) in [6, 6.07) is 11.4. The molecule has 1 aromatic carbocycles. The number of aromatic nitrogens is 3. The SMILES string of the molecule is Clc1cccc(COC(CCn2cncn2)c2ccco2)c1. The van der Waals surface area contributed by atoms with Crippen molar-refractivity contribution in [1.29, 1.82) is 0 Å². The van der Waals surface area contributed by atoms with E-state index in [-0.39, 0.29) is 6.10 Å². The molecule has 2 aromatic heterocycles. The third kappa shape index (κ3) is 3.96. The maximum absolute atomic E-state index is 6.01. The third-order valence-electron chi connectivity index (χ3n) is 3.29. The molecule has 0 aliphatic heterocycles. The molecule has 0 amide bonds. The number of nitrogens with zero attached hydrogens (tertiary/aromatic N) is 3. The largest absolute Gasteiger partial charge is 0.467 e. The average molecular weight is 318 g/mol. The molecule has 6 heteroatoms. The molecule has 0 bridgehead atoms. The lowest BCUT2D eigenvalue weighted by Crippen LogP contribution is -2.09. The van der Waals surface area contributed by atoms with Crippen LogP contribution < -0.4 is 0 Å².